The van der Waals surface area contributed by atoms with E-state index < -0.39 is 0 Å². The number of rotatable bonds is 4. The summed E-state index contributed by atoms with van der Waals surface area (Å²) in [6.07, 6.45) is 4.80. The van der Waals surface area contributed by atoms with Crippen LogP contribution in [0.3, 0.4) is 0 Å². The van der Waals surface area contributed by atoms with E-state index in [9.17, 15) is 10.1 Å². The van der Waals surface area contributed by atoms with Gasteiger partial charge in [0.1, 0.15) is 0 Å². The number of nitrogens with zero attached hydrogens (tertiary/aromatic N) is 1. The van der Waals surface area contributed by atoms with E-state index in [0.29, 0.717) is 11.5 Å². The summed E-state index contributed by atoms with van der Waals surface area (Å²) in [5.41, 5.74) is 1.36. The third-order valence-electron chi connectivity index (χ3n) is 4.29. The van der Waals surface area contributed by atoms with Crippen LogP contribution in [-0.2, 0) is 0 Å². The lowest BCUT2D eigenvalue weighted by Gasteiger charge is -2.37. The maximum atomic E-state index is 11.1. The lowest BCUT2D eigenvalue weighted by atomic mass is 9.75. The van der Waals surface area contributed by atoms with Crippen molar-refractivity contribution in [2.24, 2.45) is 5.41 Å². The molecule has 0 heterocycles. The normalized spacial score (nSPS) is 23.2. The molecule has 0 aromatic heterocycles. The molecule has 0 spiro atoms. The van der Waals surface area contributed by atoms with Gasteiger partial charge >= 0.3 is 0 Å². The van der Waals surface area contributed by atoms with Gasteiger partial charge in [-0.05, 0) is 31.6 Å². The molecule has 110 valence electrons. The predicted molar refractivity (Wildman–Crippen MR) is 80.7 cm³/mol. The van der Waals surface area contributed by atoms with Gasteiger partial charge in [-0.2, -0.15) is 0 Å². The summed E-state index contributed by atoms with van der Waals surface area (Å²) in [5.74, 6) is 0. The van der Waals surface area contributed by atoms with Crippen molar-refractivity contribution in [3.63, 3.8) is 0 Å². The van der Waals surface area contributed by atoms with Crippen LogP contribution in [0.2, 0.25) is 0 Å². The van der Waals surface area contributed by atoms with Gasteiger partial charge in [0.2, 0.25) is 0 Å². The molecule has 1 aromatic carbocycles. The molecule has 1 aliphatic carbocycles. The first kappa shape index (κ1) is 15.0. The second kappa shape index (κ2) is 5.92. The fraction of sp³-hybridized carbons (Fsp3) is 0.625. The van der Waals surface area contributed by atoms with Gasteiger partial charge in [0.25, 0.3) is 5.69 Å². The topological polar surface area (TPSA) is 55.2 Å². The number of para-hydroxylation sites is 1. The van der Waals surface area contributed by atoms with Crippen molar-refractivity contribution in [2.45, 2.75) is 58.5 Å². The molecule has 0 radical (unpaired) electrons. The second-order valence-corrected chi connectivity index (χ2v) is 6.66. The Morgan fingerprint density at radius 1 is 1.40 bits per heavy atom. The predicted octanol–water partition coefficient (Wildman–Crippen LogP) is 4.21. The van der Waals surface area contributed by atoms with Crippen LogP contribution in [0.5, 0.6) is 0 Å². The Balaban J connectivity index is 2.08. The fourth-order valence-electron chi connectivity index (χ4n) is 3.30. The van der Waals surface area contributed by atoms with Crippen molar-refractivity contribution in [1.29, 1.82) is 0 Å². The molecule has 1 fully saturated rings. The lowest BCUT2D eigenvalue weighted by molar-refractivity contribution is -0.385. The number of hydrogen-bond acceptors (Lipinski definition) is 3. The van der Waals surface area contributed by atoms with Gasteiger partial charge in [0.05, 0.1) is 4.92 Å². The summed E-state index contributed by atoms with van der Waals surface area (Å²) in [5, 5.41) is 14.7. The quantitative estimate of drug-likeness (QED) is 0.662. The number of nitro benzene ring substituents is 1. The van der Waals surface area contributed by atoms with Crippen molar-refractivity contribution in [2.75, 3.05) is 0 Å². The molecule has 0 aliphatic heterocycles. The maximum absolute atomic E-state index is 11.1. The first-order valence-electron chi connectivity index (χ1n) is 7.38. The van der Waals surface area contributed by atoms with Crippen LogP contribution in [0.15, 0.2) is 24.3 Å². The monoisotopic (exact) mass is 276 g/mol. The van der Waals surface area contributed by atoms with Gasteiger partial charge in [0, 0.05) is 23.7 Å². The molecule has 4 nitrogen and oxygen atoms in total. The highest BCUT2D eigenvalue weighted by molar-refractivity contribution is 5.41. The number of benzene rings is 1. The van der Waals surface area contributed by atoms with E-state index in [1.165, 1.54) is 12.8 Å². The van der Waals surface area contributed by atoms with Gasteiger partial charge in [-0.1, -0.05) is 38.5 Å². The van der Waals surface area contributed by atoms with Gasteiger partial charge in [0.15, 0.2) is 0 Å². The Morgan fingerprint density at radius 2 is 2.10 bits per heavy atom. The summed E-state index contributed by atoms with van der Waals surface area (Å²) < 4.78 is 0. The average molecular weight is 276 g/mol. The first-order chi connectivity index (χ1) is 9.39. The molecule has 2 rings (SSSR count). The fourth-order valence-corrected chi connectivity index (χ4v) is 3.30. The summed E-state index contributed by atoms with van der Waals surface area (Å²) in [6, 6.07) is 7.48. The standard InChI is InChI=1S/C16H24N2O2/c1-12(14-8-4-5-9-15(14)18(19)20)17-13-7-6-10-16(2,3)11-13/h4-5,8-9,12-13,17H,6-7,10-11H2,1-3H3. The van der Waals surface area contributed by atoms with E-state index in [1.54, 1.807) is 12.1 Å². The molecule has 0 saturated heterocycles. The van der Waals surface area contributed by atoms with Crippen molar-refractivity contribution < 1.29 is 4.92 Å². The van der Waals surface area contributed by atoms with Crippen LogP contribution in [-0.4, -0.2) is 11.0 Å². The van der Waals surface area contributed by atoms with E-state index in [2.05, 4.69) is 19.2 Å². The molecule has 1 aliphatic rings. The molecular formula is C16H24N2O2. The minimum atomic E-state index is -0.293. The van der Waals surface area contributed by atoms with Crippen LogP contribution in [0, 0.1) is 15.5 Å². The first-order valence-corrected chi connectivity index (χ1v) is 7.38. The highest BCUT2D eigenvalue weighted by Crippen LogP contribution is 2.36. The average Bonchev–Trinajstić information content (AvgIpc) is 2.37. The summed E-state index contributed by atoms with van der Waals surface area (Å²) in [6.45, 7) is 6.62. The SMILES string of the molecule is CC(NC1CCCC(C)(C)C1)c1ccccc1[N+](=O)[O-]. The Kier molecular flexibility index (Phi) is 4.43. The van der Waals surface area contributed by atoms with Gasteiger partial charge in [-0.25, -0.2) is 0 Å². The van der Waals surface area contributed by atoms with E-state index in [0.717, 1.165) is 18.4 Å². The zero-order chi connectivity index (χ0) is 14.8. The minimum Gasteiger partial charge on any atom is -0.307 e. The van der Waals surface area contributed by atoms with E-state index >= 15 is 0 Å². The highest BCUT2D eigenvalue weighted by atomic mass is 16.6. The summed E-state index contributed by atoms with van der Waals surface area (Å²) in [7, 11) is 0. The van der Waals surface area contributed by atoms with Crippen molar-refractivity contribution >= 4 is 5.69 Å². The Bertz CT molecular complexity index is 485. The van der Waals surface area contributed by atoms with Gasteiger partial charge < -0.3 is 5.32 Å². The zero-order valence-electron chi connectivity index (χ0n) is 12.6. The zero-order valence-corrected chi connectivity index (χ0v) is 12.6. The smallest absolute Gasteiger partial charge is 0.274 e. The second-order valence-electron chi connectivity index (χ2n) is 6.66. The number of nitro groups is 1. The van der Waals surface area contributed by atoms with Crippen LogP contribution < -0.4 is 5.32 Å². The third kappa shape index (κ3) is 3.57. The Hall–Kier alpha value is -1.42. The molecular weight excluding hydrogens is 252 g/mol. The van der Waals surface area contributed by atoms with Crippen LogP contribution in [0.1, 0.15) is 58.1 Å². The van der Waals surface area contributed by atoms with Gasteiger partial charge in [-0.3, -0.25) is 10.1 Å². The molecule has 2 unspecified atom stereocenters. The van der Waals surface area contributed by atoms with E-state index in [4.69, 9.17) is 0 Å². The molecule has 1 aromatic rings. The van der Waals surface area contributed by atoms with Crippen molar-refractivity contribution in [3.8, 4) is 0 Å². The van der Waals surface area contributed by atoms with Crippen molar-refractivity contribution in [1.82, 2.24) is 5.32 Å². The number of nitrogens with one attached hydrogen (secondary N) is 1. The van der Waals surface area contributed by atoms with E-state index in [-0.39, 0.29) is 16.7 Å². The molecule has 0 bridgehead atoms. The molecule has 0 amide bonds. The highest BCUT2D eigenvalue weighted by Gasteiger charge is 2.29. The largest absolute Gasteiger partial charge is 0.307 e. The molecule has 20 heavy (non-hydrogen) atoms. The molecule has 4 heteroatoms. The Morgan fingerprint density at radius 3 is 2.75 bits per heavy atom. The lowest BCUT2D eigenvalue weighted by Crippen LogP contribution is -2.38. The van der Waals surface area contributed by atoms with Crippen molar-refractivity contribution in [3.05, 3.63) is 39.9 Å². The van der Waals surface area contributed by atoms with Crippen LogP contribution in [0.25, 0.3) is 0 Å². The molecule has 1 saturated carbocycles. The third-order valence-corrected chi connectivity index (χ3v) is 4.29. The number of hydrogen-bond donors (Lipinski definition) is 1. The maximum Gasteiger partial charge on any atom is 0.274 e. The minimum absolute atomic E-state index is 0.00972. The Labute approximate surface area is 120 Å². The van der Waals surface area contributed by atoms with Crippen LogP contribution in [0.4, 0.5) is 5.69 Å². The van der Waals surface area contributed by atoms with E-state index in [1.807, 2.05) is 19.1 Å². The molecule has 1 N–H and O–H groups in total. The molecule has 2 atom stereocenters. The summed E-state index contributed by atoms with van der Waals surface area (Å²) >= 11 is 0. The van der Waals surface area contributed by atoms with Crippen LogP contribution >= 0.6 is 0 Å². The van der Waals surface area contributed by atoms with Gasteiger partial charge in [-0.15, -0.1) is 0 Å². The summed E-state index contributed by atoms with van der Waals surface area (Å²) in [4.78, 5) is 10.8.